The minimum atomic E-state index is 0.147. The average molecular weight is 709 g/mol. The van der Waals surface area contributed by atoms with Crippen molar-refractivity contribution in [1.29, 1.82) is 0 Å². The van der Waals surface area contributed by atoms with Crippen LogP contribution in [-0.2, 0) is 0 Å². The topological polar surface area (TPSA) is 56.7 Å². The Morgan fingerprint density at radius 1 is 0.386 bits per heavy atom. The number of fused-ring (bicyclic) bond motifs is 6. The van der Waals surface area contributed by atoms with Crippen molar-refractivity contribution < 1.29 is 4.42 Å². The third-order valence-corrected chi connectivity index (χ3v) is 10.7. The first-order chi connectivity index (χ1) is 27.7. The van der Waals surface area contributed by atoms with E-state index in [1.54, 1.807) is 0 Å². The van der Waals surface area contributed by atoms with Gasteiger partial charge in [0.2, 0.25) is 0 Å². The number of furan rings is 1. The number of hydrogen-bond acceptors (Lipinski definition) is 4. The normalized spacial score (nSPS) is 11.6. The lowest BCUT2D eigenvalue weighted by Crippen LogP contribution is -2.48. The van der Waals surface area contributed by atoms with Crippen LogP contribution in [0.15, 0.2) is 132 Å². The largest absolute Gasteiger partial charge is 0.456 e. The van der Waals surface area contributed by atoms with E-state index in [1.807, 2.05) is 132 Å². The van der Waals surface area contributed by atoms with Gasteiger partial charge in [-0.15, -0.1) is 10.9 Å². The van der Waals surface area contributed by atoms with Crippen LogP contribution < -0.4 is 38.2 Å². The summed E-state index contributed by atoms with van der Waals surface area (Å²) in [4.78, 5) is 14.7. The van der Waals surface area contributed by atoms with Gasteiger partial charge in [0.1, 0.15) is 66.1 Å². The van der Waals surface area contributed by atoms with Crippen LogP contribution in [0.25, 0.3) is 94.7 Å². The Morgan fingerprint density at radius 2 is 0.895 bits per heavy atom. The predicted molar refractivity (Wildman–Crippen MR) is 241 cm³/mol. The van der Waals surface area contributed by atoms with Gasteiger partial charge in [0.15, 0.2) is 17.5 Å². The minimum Gasteiger partial charge on any atom is -0.456 e. The van der Waals surface area contributed by atoms with Crippen LogP contribution in [0, 0.1) is 0 Å². The summed E-state index contributed by atoms with van der Waals surface area (Å²) in [6, 6.07) is 40.9. The first-order valence-electron chi connectivity index (χ1n) is 18.2. The van der Waals surface area contributed by atoms with Crippen molar-refractivity contribution in [3.05, 3.63) is 127 Å². The fraction of sp³-hybridized carbons (Fsp3) is 0. The maximum atomic E-state index is 7.08. The molecule has 12 heteroatoms. The summed E-state index contributed by atoms with van der Waals surface area (Å²) in [7, 11) is 47.7. The summed E-state index contributed by atoms with van der Waals surface area (Å²) in [5.41, 5.74) is 8.47. The lowest BCUT2D eigenvalue weighted by Gasteiger charge is -2.19. The van der Waals surface area contributed by atoms with Crippen LogP contribution >= 0.6 is 0 Å². The number of benzene rings is 7. The standard InChI is InChI=1S/C45H21B7N4O/c46-34-30(22-11-4-1-5-12-22)35(47)39(51)41-32(34)33-36(48)37(49)38(50)40(52)42(33)56(41)27-17-10-18-28-31(27)26-20-19-25(21-29(26)57-28)45-54-43(23-13-6-2-7-14-23)53-44(55-45)24-15-8-3-9-16-24/h1-21H. The maximum Gasteiger partial charge on any atom is 0.164 e. The highest BCUT2D eigenvalue weighted by atomic mass is 16.3. The Bertz CT molecular complexity index is 3200. The van der Waals surface area contributed by atoms with Gasteiger partial charge in [-0.05, 0) is 40.8 Å². The molecule has 0 spiro atoms. The predicted octanol–water partition coefficient (Wildman–Crippen LogP) is 3.09. The fourth-order valence-electron chi connectivity index (χ4n) is 7.92. The molecule has 0 amide bonds. The molecule has 0 saturated heterocycles. The molecule has 0 saturated carbocycles. The molecule has 5 nitrogen and oxygen atoms in total. The molecule has 0 atom stereocenters. The van der Waals surface area contributed by atoms with Crippen molar-refractivity contribution in [2.24, 2.45) is 0 Å². The van der Waals surface area contributed by atoms with Gasteiger partial charge in [-0.2, -0.15) is 0 Å². The molecule has 0 bridgehead atoms. The molecule has 0 aliphatic carbocycles. The highest BCUT2D eigenvalue weighted by molar-refractivity contribution is 6.69. The third kappa shape index (κ3) is 5.38. The van der Waals surface area contributed by atoms with Gasteiger partial charge in [-0.3, -0.25) is 0 Å². The van der Waals surface area contributed by atoms with Crippen molar-refractivity contribution in [3.8, 4) is 51.0 Å². The quantitative estimate of drug-likeness (QED) is 0.258. The second-order valence-corrected chi connectivity index (χ2v) is 13.9. The summed E-state index contributed by atoms with van der Waals surface area (Å²) in [5, 5.41) is 2.66. The third-order valence-electron chi connectivity index (χ3n) is 10.7. The zero-order chi connectivity index (χ0) is 39.1. The molecule has 0 unspecified atom stereocenters. The van der Waals surface area contributed by atoms with Gasteiger partial charge in [0, 0.05) is 38.5 Å². The molecule has 0 N–H and O–H groups in total. The molecule has 0 aliphatic rings. The van der Waals surface area contributed by atoms with E-state index in [2.05, 4.69) is 0 Å². The monoisotopic (exact) mass is 710 g/mol. The van der Waals surface area contributed by atoms with Gasteiger partial charge in [-0.25, -0.2) is 15.0 Å². The minimum absolute atomic E-state index is 0.147. The summed E-state index contributed by atoms with van der Waals surface area (Å²) in [6.07, 6.45) is 0. The molecular formula is C45H21B7N4O. The first-order valence-corrected chi connectivity index (χ1v) is 18.2. The Balaban J connectivity index is 1.25. The van der Waals surface area contributed by atoms with Crippen molar-refractivity contribution >= 4 is 137 Å². The van der Waals surface area contributed by atoms with Crippen molar-refractivity contribution in [3.63, 3.8) is 0 Å². The Hall–Kier alpha value is -6.40. The highest BCUT2D eigenvalue weighted by Gasteiger charge is 2.26. The highest BCUT2D eigenvalue weighted by Crippen LogP contribution is 2.39. The molecule has 14 radical (unpaired) electrons. The molecule has 10 aromatic rings. The van der Waals surface area contributed by atoms with Gasteiger partial charge in [-0.1, -0.05) is 130 Å². The second kappa shape index (κ2) is 13.4. The average Bonchev–Trinajstić information content (AvgIpc) is 3.82. The van der Waals surface area contributed by atoms with Crippen LogP contribution in [0.2, 0.25) is 0 Å². The van der Waals surface area contributed by atoms with E-state index in [4.69, 9.17) is 74.3 Å². The number of hydrogen-bond donors (Lipinski definition) is 0. The summed E-state index contributed by atoms with van der Waals surface area (Å²) >= 11 is 0. The van der Waals surface area contributed by atoms with E-state index in [0.717, 1.165) is 33.0 Å². The van der Waals surface area contributed by atoms with E-state index >= 15 is 0 Å². The maximum absolute atomic E-state index is 7.08. The van der Waals surface area contributed by atoms with E-state index in [9.17, 15) is 0 Å². The van der Waals surface area contributed by atoms with E-state index < -0.39 is 0 Å². The molecule has 3 aromatic heterocycles. The van der Waals surface area contributed by atoms with Crippen molar-refractivity contribution in [2.45, 2.75) is 0 Å². The van der Waals surface area contributed by atoms with Crippen LogP contribution in [0.1, 0.15) is 0 Å². The SMILES string of the molecule is [B]c1c([B])c([B])c2c(c1[B])c1c([B])c(-c3ccccc3)c([B])c([B])c1n2-c1cccc2oc3cc(-c4nc(-c5ccccc5)nc(-c5ccccc5)n4)ccc3c12. The zero-order valence-electron chi connectivity index (χ0n) is 30.4. The van der Waals surface area contributed by atoms with Crippen LogP contribution in [0.4, 0.5) is 0 Å². The van der Waals surface area contributed by atoms with Gasteiger partial charge < -0.3 is 8.98 Å². The fourth-order valence-corrected chi connectivity index (χ4v) is 7.92. The van der Waals surface area contributed by atoms with Crippen LogP contribution in [0.3, 0.4) is 0 Å². The molecule has 0 fully saturated rings. The molecule has 3 heterocycles. The van der Waals surface area contributed by atoms with Gasteiger partial charge >= 0.3 is 0 Å². The molecule has 10 rings (SSSR count). The molecular weight excluding hydrogens is 688 g/mol. The zero-order valence-corrected chi connectivity index (χ0v) is 30.4. The van der Waals surface area contributed by atoms with Crippen LogP contribution in [-0.4, -0.2) is 74.4 Å². The number of nitrogens with zero attached hydrogens (tertiary/aromatic N) is 4. The number of rotatable bonds is 5. The van der Waals surface area contributed by atoms with Crippen LogP contribution in [0.5, 0.6) is 0 Å². The Morgan fingerprint density at radius 3 is 1.49 bits per heavy atom. The summed E-state index contributed by atoms with van der Waals surface area (Å²) in [5.74, 6) is 1.61. The van der Waals surface area contributed by atoms with E-state index in [0.29, 0.717) is 72.6 Å². The van der Waals surface area contributed by atoms with E-state index in [1.165, 1.54) is 0 Å². The Labute approximate surface area is 337 Å². The smallest absolute Gasteiger partial charge is 0.164 e. The summed E-state index contributed by atoms with van der Waals surface area (Å²) in [6.45, 7) is 0. The van der Waals surface area contributed by atoms with Gasteiger partial charge in [0.25, 0.3) is 0 Å². The molecule has 57 heavy (non-hydrogen) atoms. The molecule has 248 valence electrons. The van der Waals surface area contributed by atoms with Gasteiger partial charge in [0.05, 0.1) is 11.1 Å². The first kappa shape index (κ1) is 35.0. The number of aromatic nitrogens is 4. The lowest BCUT2D eigenvalue weighted by atomic mass is 9.64. The van der Waals surface area contributed by atoms with Crippen molar-refractivity contribution in [2.75, 3.05) is 0 Å². The Kier molecular flexibility index (Phi) is 8.22. The summed E-state index contributed by atoms with van der Waals surface area (Å²) < 4.78 is 8.51. The second-order valence-electron chi connectivity index (χ2n) is 13.9. The van der Waals surface area contributed by atoms with Crippen molar-refractivity contribution in [1.82, 2.24) is 19.5 Å². The lowest BCUT2D eigenvalue weighted by molar-refractivity contribution is 0.669. The van der Waals surface area contributed by atoms with E-state index in [-0.39, 0.29) is 27.3 Å². The molecule has 7 aromatic carbocycles. The molecule has 0 aliphatic heterocycles.